The zero-order chi connectivity index (χ0) is 25.3. The highest BCUT2D eigenvalue weighted by molar-refractivity contribution is 14.1. The molecule has 1 aliphatic carbocycles. The van der Waals surface area contributed by atoms with Gasteiger partial charge in [0.2, 0.25) is 0 Å². The molecule has 3 rings (SSSR count). The van der Waals surface area contributed by atoms with Crippen molar-refractivity contribution >= 4 is 46.5 Å². The van der Waals surface area contributed by atoms with Crippen molar-refractivity contribution in [1.29, 1.82) is 0 Å². The molecule has 1 saturated carbocycles. The van der Waals surface area contributed by atoms with Crippen molar-refractivity contribution in [3.63, 3.8) is 0 Å². The van der Waals surface area contributed by atoms with Crippen molar-refractivity contribution < 1.29 is 34.4 Å². The molecule has 8 nitrogen and oxygen atoms in total. The second-order valence-electron chi connectivity index (χ2n) is 9.04. The first-order chi connectivity index (χ1) is 15.8. The Labute approximate surface area is 210 Å². The lowest BCUT2D eigenvalue weighted by atomic mass is 9.63. The third-order valence-corrected chi connectivity index (χ3v) is 7.87. The summed E-state index contributed by atoms with van der Waals surface area (Å²) in [5, 5.41) is 32.7. The van der Waals surface area contributed by atoms with Crippen LogP contribution in [0.25, 0.3) is 6.08 Å². The minimum absolute atomic E-state index is 0.0766. The smallest absolute Gasteiger partial charge is 0.352 e. The third-order valence-electron chi connectivity index (χ3n) is 6.98. The molecule has 1 amide bonds. The van der Waals surface area contributed by atoms with Gasteiger partial charge in [0, 0.05) is 5.41 Å². The number of nitrogens with one attached hydrogen (secondary N) is 1. The fourth-order valence-corrected chi connectivity index (χ4v) is 4.61. The average molecular weight is 579 g/mol. The van der Waals surface area contributed by atoms with Crippen LogP contribution in [-0.2, 0) is 14.4 Å². The molecular formula is C25H26INO7. The molecule has 0 saturated heterocycles. The number of halogens is 1. The van der Waals surface area contributed by atoms with E-state index in [1.54, 1.807) is 24.3 Å². The maximum atomic E-state index is 13.0. The van der Waals surface area contributed by atoms with Gasteiger partial charge in [0.15, 0.2) is 0 Å². The van der Waals surface area contributed by atoms with Gasteiger partial charge in [-0.2, -0.15) is 0 Å². The largest absolute Gasteiger partial charge is 0.481 e. The normalized spacial score (nSPS) is 23.9. The molecule has 0 heterocycles. The molecular weight excluding hydrogens is 553 g/mol. The number of carboxylic acid groups (broad SMARTS) is 2. The molecule has 0 spiro atoms. The van der Waals surface area contributed by atoms with E-state index in [0.717, 1.165) is 3.57 Å². The molecule has 0 radical (unpaired) electrons. The number of benzene rings is 2. The lowest BCUT2D eigenvalue weighted by Crippen LogP contribution is -2.58. The van der Waals surface area contributed by atoms with Crippen LogP contribution in [0, 0.1) is 14.4 Å². The van der Waals surface area contributed by atoms with Crippen LogP contribution in [0.2, 0.25) is 0 Å². The molecule has 34 heavy (non-hydrogen) atoms. The fourth-order valence-electron chi connectivity index (χ4n) is 4.11. The van der Waals surface area contributed by atoms with Crippen molar-refractivity contribution in [3.05, 3.63) is 63.4 Å². The Balaban J connectivity index is 1.81. The Morgan fingerprint density at radius 2 is 1.62 bits per heavy atom. The number of ether oxygens (including phenoxy) is 1. The van der Waals surface area contributed by atoms with E-state index in [9.17, 15) is 29.7 Å². The summed E-state index contributed by atoms with van der Waals surface area (Å²) < 4.78 is 6.77. The molecule has 0 bridgehead atoms. The van der Waals surface area contributed by atoms with Crippen LogP contribution in [0.15, 0.2) is 54.2 Å². The summed E-state index contributed by atoms with van der Waals surface area (Å²) in [5.74, 6) is -2.23. The van der Waals surface area contributed by atoms with Crippen LogP contribution >= 0.6 is 22.6 Å². The van der Waals surface area contributed by atoms with Crippen LogP contribution in [0.3, 0.4) is 0 Å². The minimum Gasteiger partial charge on any atom is -0.481 e. The van der Waals surface area contributed by atoms with Crippen LogP contribution in [0.1, 0.15) is 39.2 Å². The topological polar surface area (TPSA) is 133 Å². The van der Waals surface area contributed by atoms with Gasteiger partial charge in [-0.3, -0.25) is 9.59 Å². The van der Waals surface area contributed by atoms with E-state index in [4.69, 9.17) is 4.74 Å². The highest BCUT2D eigenvalue weighted by atomic mass is 127. The van der Waals surface area contributed by atoms with Gasteiger partial charge >= 0.3 is 11.9 Å². The summed E-state index contributed by atoms with van der Waals surface area (Å²) in [4.78, 5) is 36.6. The molecule has 2 atom stereocenters. The summed E-state index contributed by atoms with van der Waals surface area (Å²) in [6.07, 6.45) is 1.23. The number of hydrogen-bond donors (Lipinski definition) is 4. The van der Waals surface area contributed by atoms with E-state index in [0.29, 0.717) is 17.1 Å². The van der Waals surface area contributed by atoms with Crippen molar-refractivity contribution in [2.75, 3.05) is 0 Å². The second kappa shape index (κ2) is 9.38. The Bertz CT molecular complexity index is 1160. The third kappa shape index (κ3) is 4.54. The Kier molecular flexibility index (Phi) is 7.09. The standard InChI is InChI=1S/C25H26INO7/c1-23(2)24(3,22(31)32)12-13-25(23,33)21(30)27-18(20(28)29)14-15-8-10-16(11-9-15)34-19-7-5-4-6-17(19)26/h4-11,14,33H,12-13H2,1-3H3,(H,27,30)(H,28,29)(H,31,32)/b18-14-/t24-,25+/m1/s1. The predicted octanol–water partition coefficient (Wildman–Crippen LogP) is 4.27. The molecule has 180 valence electrons. The fraction of sp³-hybridized carbons (Fsp3) is 0.320. The van der Waals surface area contributed by atoms with E-state index in [2.05, 4.69) is 27.9 Å². The van der Waals surface area contributed by atoms with Crippen LogP contribution in [0.5, 0.6) is 11.5 Å². The van der Waals surface area contributed by atoms with Gasteiger partial charge in [-0.15, -0.1) is 0 Å². The van der Waals surface area contributed by atoms with E-state index >= 15 is 0 Å². The summed E-state index contributed by atoms with van der Waals surface area (Å²) in [7, 11) is 0. The lowest BCUT2D eigenvalue weighted by molar-refractivity contribution is -0.168. The molecule has 0 unspecified atom stereocenters. The van der Waals surface area contributed by atoms with Gasteiger partial charge in [-0.1, -0.05) is 38.1 Å². The van der Waals surface area contributed by atoms with E-state index < -0.39 is 40.0 Å². The molecule has 4 N–H and O–H groups in total. The number of rotatable bonds is 7. The Morgan fingerprint density at radius 3 is 2.15 bits per heavy atom. The Hall–Kier alpha value is -2.92. The zero-order valence-electron chi connectivity index (χ0n) is 19.0. The van der Waals surface area contributed by atoms with Gasteiger partial charge < -0.3 is 25.4 Å². The molecule has 0 aliphatic heterocycles. The minimum atomic E-state index is -2.06. The molecule has 1 fully saturated rings. The number of aliphatic hydroxyl groups is 1. The molecule has 9 heteroatoms. The monoisotopic (exact) mass is 579 g/mol. The van der Waals surface area contributed by atoms with Crippen LogP contribution in [-0.4, -0.2) is 38.8 Å². The number of carbonyl (C=O) groups excluding carboxylic acids is 1. The quantitative estimate of drug-likeness (QED) is 0.285. The highest BCUT2D eigenvalue weighted by Crippen LogP contribution is 2.58. The molecule has 2 aromatic carbocycles. The number of carboxylic acids is 2. The lowest BCUT2D eigenvalue weighted by Gasteiger charge is -2.42. The number of amides is 1. The SMILES string of the molecule is CC1(C)[C@@](C)(C(=O)O)CC[C@]1(O)C(=O)N/C(=C\c1ccc(Oc2ccccc2I)cc1)C(=O)O. The van der Waals surface area contributed by atoms with E-state index in [1.165, 1.54) is 26.8 Å². The highest BCUT2D eigenvalue weighted by Gasteiger charge is 2.66. The number of carbonyl (C=O) groups is 3. The molecule has 1 aliphatic rings. The number of para-hydroxylation sites is 1. The maximum absolute atomic E-state index is 13.0. The van der Waals surface area contributed by atoms with E-state index in [-0.39, 0.29) is 12.8 Å². The average Bonchev–Trinajstić information content (AvgIpc) is 2.97. The summed E-state index contributed by atoms with van der Waals surface area (Å²) in [6.45, 7) is 4.49. The van der Waals surface area contributed by atoms with Crippen molar-refractivity contribution in [3.8, 4) is 11.5 Å². The zero-order valence-corrected chi connectivity index (χ0v) is 21.1. The van der Waals surface area contributed by atoms with Crippen molar-refractivity contribution in [1.82, 2.24) is 5.32 Å². The first-order valence-electron chi connectivity index (χ1n) is 10.6. The van der Waals surface area contributed by atoms with E-state index in [1.807, 2.05) is 24.3 Å². The van der Waals surface area contributed by atoms with Crippen LogP contribution in [0.4, 0.5) is 0 Å². The summed E-state index contributed by atoms with van der Waals surface area (Å²) >= 11 is 2.16. The van der Waals surface area contributed by atoms with Gasteiger partial charge in [0.1, 0.15) is 22.8 Å². The van der Waals surface area contributed by atoms with Crippen LogP contribution < -0.4 is 10.1 Å². The predicted molar refractivity (Wildman–Crippen MR) is 133 cm³/mol. The second-order valence-corrected chi connectivity index (χ2v) is 10.2. The molecule has 0 aromatic heterocycles. The first-order valence-corrected chi connectivity index (χ1v) is 11.6. The number of aliphatic carboxylic acids is 2. The van der Waals surface area contributed by atoms with Crippen molar-refractivity contribution in [2.24, 2.45) is 10.8 Å². The summed E-state index contributed by atoms with van der Waals surface area (Å²) in [6, 6.07) is 14.1. The number of hydrogen-bond acceptors (Lipinski definition) is 5. The van der Waals surface area contributed by atoms with Gasteiger partial charge in [-0.25, -0.2) is 4.79 Å². The first kappa shape index (κ1) is 25.7. The maximum Gasteiger partial charge on any atom is 0.352 e. The van der Waals surface area contributed by atoms with Gasteiger partial charge in [-0.05, 0) is 78.3 Å². The Morgan fingerprint density at radius 1 is 1.00 bits per heavy atom. The van der Waals surface area contributed by atoms with Gasteiger partial charge in [0.25, 0.3) is 5.91 Å². The summed E-state index contributed by atoms with van der Waals surface area (Å²) in [5.41, 5.74) is -4.70. The van der Waals surface area contributed by atoms with Crippen molar-refractivity contribution in [2.45, 2.75) is 39.2 Å². The van der Waals surface area contributed by atoms with Gasteiger partial charge in [0.05, 0.1) is 8.99 Å². The molecule has 2 aromatic rings.